The van der Waals surface area contributed by atoms with Crippen molar-refractivity contribution >= 4 is 5.91 Å². The van der Waals surface area contributed by atoms with E-state index in [4.69, 9.17) is 15.0 Å². The molecule has 0 radical (unpaired) electrons. The number of ether oxygens (including phenoxy) is 1. The quantitative estimate of drug-likeness (QED) is 0.885. The number of aromatic nitrogens is 1. The molecule has 100 valence electrons. The van der Waals surface area contributed by atoms with E-state index in [0.29, 0.717) is 22.8 Å². The summed E-state index contributed by atoms with van der Waals surface area (Å²) in [6.45, 7) is 1.77. The molecule has 0 bridgehead atoms. The van der Waals surface area contributed by atoms with Gasteiger partial charge in [-0.05, 0) is 24.6 Å². The summed E-state index contributed by atoms with van der Waals surface area (Å²) in [6, 6.07) is 8.29. The van der Waals surface area contributed by atoms with Crippen molar-refractivity contribution in [3.05, 3.63) is 52.0 Å². The molecule has 1 aromatic carbocycles. The van der Waals surface area contributed by atoms with Gasteiger partial charge in [-0.2, -0.15) is 0 Å². The average molecular weight is 262 g/mol. The summed E-state index contributed by atoms with van der Waals surface area (Å²) in [6.07, 6.45) is 0. The van der Waals surface area contributed by atoms with Crippen LogP contribution in [0.5, 0.6) is 5.75 Å². The Balaban J connectivity index is 2.00. The number of aryl methyl sites for hydroxylation is 1. The summed E-state index contributed by atoms with van der Waals surface area (Å²) in [5.74, 6) is 0.355. The topological polar surface area (TPSA) is 87.5 Å². The molecule has 6 nitrogen and oxygen atoms in total. The van der Waals surface area contributed by atoms with Crippen molar-refractivity contribution in [2.45, 2.75) is 13.5 Å². The number of benzene rings is 1. The van der Waals surface area contributed by atoms with Crippen LogP contribution in [0.3, 0.4) is 0 Å². The standard InChI is InChI=1S/C13H14N2O4/c1-9-6-12(16)15(19-9)13(17)8-18-11-4-2-10(7-14)3-5-11/h2-6H,7-8,14H2,1H3. The summed E-state index contributed by atoms with van der Waals surface area (Å²) in [5, 5.41) is 0. The van der Waals surface area contributed by atoms with Crippen LogP contribution in [0.1, 0.15) is 16.1 Å². The molecule has 1 aromatic heterocycles. The van der Waals surface area contributed by atoms with E-state index in [1.54, 1.807) is 19.1 Å². The van der Waals surface area contributed by atoms with Gasteiger partial charge in [-0.25, -0.2) is 0 Å². The van der Waals surface area contributed by atoms with Crippen molar-refractivity contribution < 1.29 is 14.1 Å². The minimum absolute atomic E-state index is 0.269. The lowest BCUT2D eigenvalue weighted by Crippen LogP contribution is -2.26. The molecule has 0 spiro atoms. The maximum Gasteiger partial charge on any atom is 0.300 e. The van der Waals surface area contributed by atoms with Gasteiger partial charge >= 0.3 is 5.91 Å². The van der Waals surface area contributed by atoms with E-state index in [1.165, 1.54) is 6.07 Å². The molecule has 0 fully saturated rings. The number of hydrogen-bond donors (Lipinski definition) is 1. The van der Waals surface area contributed by atoms with Crippen molar-refractivity contribution in [1.29, 1.82) is 0 Å². The molecule has 0 saturated heterocycles. The highest BCUT2D eigenvalue weighted by Gasteiger charge is 2.12. The van der Waals surface area contributed by atoms with Gasteiger partial charge in [0.1, 0.15) is 11.5 Å². The molecule has 0 aliphatic carbocycles. The summed E-state index contributed by atoms with van der Waals surface area (Å²) < 4.78 is 10.9. The fourth-order valence-corrected chi connectivity index (χ4v) is 1.55. The Morgan fingerprint density at radius 2 is 2.05 bits per heavy atom. The highest BCUT2D eigenvalue weighted by Crippen LogP contribution is 2.11. The van der Waals surface area contributed by atoms with Crippen molar-refractivity contribution in [2.75, 3.05) is 6.61 Å². The van der Waals surface area contributed by atoms with Crippen LogP contribution in [0, 0.1) is 6.92 Å². The Labute approximate surface area is 109 Å². The largest absolute Gasteiger partial charge is 0.484 e. The van der Waals surface area contributed by atoms with Gasteiger partial charge in [0.05, 0.1) is 0 Å². The molecule has 0 aliphatic heterocycles. The monoisotopic (exact) mass is 262 g/mol. The molecule has 2 aromatic rings. The van der Waals surface area contributed by atoms with Gasteiger partial charge in [-0.15, -0.1) is 0 Å². The van der Waals surface area contributed by atoms with Gasteiger partial charge in [-0.1, -0.05) is 16.9 Å². The third-order valence-electron chi connectivity index (χ3n) is 2.51. The number of rotatable bonds is 4. The molecule has 0 unspecified atom stereocenters. The first kappa shape index (κ1) is 13.1. The molecule has 19 heavy (non-hydrogen) atoms. The highest BCUT2D eigenvalue weighted by atomic mass is 16.5. The number of carbonyl (C=O) groups excluding carboxylic acids is 1. The van der Waals surface area contributed by atoms with E-state index in [9.17, 15) is 9.59 Å². The van der Waals surface area contributed by atoms with Crippen LogP contribution in [0.15, 0.2) is 39.6 Å². The Kier molecular flexibility index (Phi) is 3.82. The van der Waals surface area contributed by atoms with Crippen LogP contribution in [0.4, 0.5) is 0 Å². The first-order valence-electron chi connectivity index (χ1n) is 5.75. The van der Waals surface area contributed by atoms with Crippen LogP contribution in [-0.2, 0) is 6.54 Å². The van der Waals surface area contributed by atoms with Crippen molar-refractivity contribution in [3.63, 3.8) is 0 Å². The minimum atomic E-state index is -0.555. The Morgan fingerprint density at radius 3 is 2.58 bits per heavy atom. The number of nitrogens with two attached hydrogens (primary N) is 1. The van der Waals surface area contributed by atoms with Crippen LogP contribution in [0.2, 0.25) is 0 Å². The summed E-state index contributed by atoms with van der Waals surface area (Å²) >= 11 is 0. The van der Waals surface area contributed by atoms with E-state index in [1.807, 2.05) is 12.1 Å². The van der Waals surface area contributed by atoms with Gasteiger partial charge in [0, 0.05) is 12.6 Å². The summed E-state index contributed by atoms with van der Waals surface area (Å²) in [7, 11) is 0. The molecule has 6 heteroatoms. The molecule has 0 amide bonds. The third-order valence-corrected chi connectivity index (χ3v) is 2.51. The van der Waals surface area contributed by atoms with Gasteiger partial charge in [0.25, 0.3) is 5.56 Å². The molecule has 0 aliphatic rings. The Morgan fingerprint density at radius 1 is 1.37 bits per heavy atom. The van der Waals surface area contributed by atoms with Crippen LogP contribution in [0.25, 0.3) is 0 Å². The molecular weight excluding hydrogens is 248 g/mol. The number of nitrogens with zero attached hydrogens (tertiary/aromatic N) is 1. The number of hydrogen-bond acceptors (Lipinski definition) is 5. The van der Waals surface area contributed by atoms with Gasteiger partial charge in [-0.3, -0.25) is 9.59 Å². The summed E-state index contributed by atoms with van der Waals surface area (Å²) in [4.78, 5) is 23.1. The molecule has 2 N–H and O–H groups in total. The van der Waals surface area contributed by atoms with E-state index in [0.717, 1.165) is 5.56 Å². The van der Waals surface area contributed by atoms with Crippen LogP contribution >= 0.6 is 0 Å². The maximum absolute atomic E-state index is 11.7. The first-order valence-corrected chi connectivity index (χ1v) is 5.75. The molecule has 0 atom stereocenters. The molecular formula is C13H14N2O4. The second-order valence-electron chi connectivity index (χ2n) is 4.01. The van der Waals surface area contributed by atoms with Crippen LogP contribution < -0.4 is 16.0 Å². The van der Waals surface area contributed by atoms with Gasteiger partial charge in [0.2, 0.25) is 0 Å². The fraction of sp³-hybridized carbons (Fsp3) is 0.231. The van der Waals surface area contributed by atoms with Gasteiger partial charge in [0.15, 0.2) is 6.61 Å². The second kappa shape index (κ2) is 5.53. The fourth-order valence-electron chi connectivity index (χ4n) is 1.55. The van der Waals surface area contributed by atoms with E-state index in [2.05, 4.69) is 0 Å². The van der Waals surface area contributed by atoms with Crippen LogP contribution in [-0.4, -0.2) is 17.3 Å². The predicted molar refractivity (Wildman–Crippen MR) is 68.2 cm³/mol. The number of carbonyl (C=O) groups is 1. The zero-order valence-corrected chi connectivity index (χ0v) is 10.5. The lowest BCUT2D eigenvalue weighted by Gasteiger charge is -2.05. The summed E-state index contributed by atoms with van der Waals surface area (Å²) in [5.41, 5.74) is 5.94. The van der Waals surface area contributed by atoms with Gasteiger partial charge < -0.3 is 15.0 Å². The smallest absolute Gasteiger partial charge is 0.300 e. The van der Waals surface area contributed by atoms with Crippen molar-refractivity contribution in [3.8, 4) is 5.75 Å². The van der Waals surface area contributed by atoms with E-state index >= 15 is 0 Å². The van der Waals surface area contributed by atoms with Crippen molar-refractivity contribution in [2.24, 2.45) is 5.73 Å². The van der Waals surface area contributed by atoms with E-state index in [-0.39, 0.29) is 6.61 Å². The third kappa shape index (κ3) is 3.11. The molecule has 0 saturated carbocycles. The predicted octanol–water partition coefficient (Wildman–Crippen LogP) is 0.928. The van der Waals surface area contributed by atoms with Crippen molar-refractivity contribution in [1.82, 2.24) is 4.74 Å². The second-order valence-corrected chi connectivity index (χ2v) is 4.01. The molecule has 1 heterocycles. The Bertz CT molecular complexity index is 625. The minimum Gasteiger partial charge on any atom is -0.484 e. The first-order chi connectivity index (χ1) is 9.10. The zero-order valence-electron chi connectivity index (χ0n) is 10.5. The zero-order chi connectivity index (χ0) is 13.8. The highest BCUT2D eigenvalue weighted by molar-refractivity contribution is 5.78. The average Bonchev–Trinajstić information content (AvgIpc) is 2.75. The Hall–Kier alpha value is -2.34. The lowest BCUT2D eigenvalue weighted by atomic mass is 10.2. The normalized spacial score (nSPS) is 10.4. The lowest BCUT2D eigenvalue weighted by molar-refractivity contribution is 0.0703. The molecule has 2 rings (SSSR count). The SMILES string of the molecule is Cc1cc(=O)n(C(=O)COc2ccc(CN)cc2)o1. The van der Waals surface area contributed by atoms with E-state index < -0.39 is 11.5 Å². The maximum atomic E-state index is 11.7.